The summed E-state index contributed by atoms with van der Waals surface area (Å²) in [6, 6.07) is 0. The fourth-order valence-electron chi connectivity index (χ4n) is 0. The Hall–Kier alpha value is 0.440. The molecule has 0 aromatic carbocycles. The van der Waals surface area contributed by atoms with Crippen LogP contribution in [0.4, 0.5) is 0 Å². The quantitative estimate of drug-likeness (QED) is 0.531. The molecule has 0 aliphatic rings. The maximum Gasteiger partial charge on any atom is 0.0240 e. The van der Waals surface area contributed by atoms with Gasteiger partial charge in [0, 0.05) is 11.4 Å². The van der Waals surface area contributed by atoms with Crippen LogP contribution in [0.1, 0.15) is 6.92 Å². The van der Waals surface area contributed by atoms with Crippen LogP contribution in [0.15, 0.2) is 0 Å². The molecule has 0 rings (SSSR count). The third-order valence-electron chi connectivity index (χ3n) is 0.325. The Morgan fingerprint density at radius 3 is 2.20 bits per heavy atom. The van der Waals surface area contributed by atoms with E-state index in [-0.39, 0.29) is 0 Å². The van der Waals surface area contributed by atoms with Crippen molar-refractivity contribution < 1.29 is 0 Å². The van der Waals surface area contributed by atoms with Gasteiger partial charge >= 0.3 is 0 Å². The van der Waals surface area contributed by atoms with Crippen LogP contribution in [-0.2, 0) is 0 Å². The van der Waals surface area contributed by atoms with E-state index >= 15 is 0 Å². The lowest BCUT2D eigenvalue weighted by Gasteiger charge is -1.88. The van der Waals surface area contributed by atoms with E-state index in [2.05, 4.69) is 15.9 Å². The van der Waals surface area contributed by atoms with Crippen molar-refractivity contribution in [3.63, 3.8) is 0 Å². The summed E-state index contributed by atoms with van der Waals surface area (Å²) in [6.07, 6.45) is 0. The molecular weight excluding hydrogens is 130 g/mol. The summed E-state index contributed by atoms with van der Waals surface area (Å²) in [4.78, 5) is 0.475. The molecule has 2 heteroatoms. The van der Waals surface area contributed by atoms with Gasteiger partial charge in [-0.2, -0.15) is 0 Å². The molecule has 0 saturated carbocycles. The third kappa shape index (κ3) is 4.44. The number of nitrogens with two attached hydrogens (primary N) is 1. The Kier molecular flexibility index (Phi) is 2.90. The fourth-order valence-corrected chi connectivity index (χ4v) is 0. The van der Waals surface area contributed by atoms with Crippen LogP contribution in [0, 0.1) is 0 Å². The van der Waals surface area contributed by atoms with Gasteiger partial charge < -0.3 is 5.73 Å². The van der Waals surface area contributed by atoms with Gasteiger partial charge in [-0.1, -0.05) is 22.9 Å². The van der Waals surface area contributed by atoms with Crippen LogP contribution in [-0.4, -0.2) is 11.4 Å². The zero-order valence-electron chi connectivity index (χ0n) is 3.24. The molecule has 5 heavy (non-hydrogen) atoms. The highest BCUT2D eigenvalue weighted by molar-refractivity contribution is 9.09. The van der Waals surface area contributed by atoms with Crippen molar-refractivity contribution in [2.45, 2.75) is 11.8 Å². The highest BCUT2D eigenvalue weighted by Gasteiger charge is 1.82. The van der Waals surface area contributed by atoms with Gasteiger partial charge in [-0.05, 0) is 0 Å². The normalized spacial score (nSPS) is 15.0. The van der Waals surface area contributed by atoms with Gasteiger partial charge in [0.1, 0.15) is 0 Å². The molecule has 0 radical (unpaired) electrons. The minimum atomic E-state index is 0.475. The Labute approximate surface area is 40.7 Å². The third-order valence-corrected chi connectivity index (χ3v) is 0.699. The molecule has 0 aliphatic carbocycles. The largest absolute Gasteiger partial charge is 0.329 e. The Balaban J connectivity index is 2.54. The smallest absolute Gasteiger partial charge is 0.0240 e. The maximum absolute atomic E-state index is 5.12. The standard InChI is InChI=1S/C3H8BrN/c1-3(4)2-5/h3H,2,5H2,1H3/t3-/m0/s1. The molecule has 0 aromatic rings. The molecule has 1 nitrogen and oxygen atoms in total. The van der Waals surface area contributed by atoms with Gasteiger partial charge in [-0.3, -0.25) is 0 Å². The van der Waals surface area contributed by atoms with Crippen LogP contribution in [0.3, 0.4) is 0 Å². The number of hydrogen-bond acceptors (Lipinski definition) is 1. The zero-order chi connectivity index (χ0) is 4.28. The van der Waals surface area contributed by atoms with E-state index in [1.54, 1.807) is 0 Å². The lowest BCUT2D eigenvalue weighted by atomic mass is 10.5. The van der Waals surface area contributed by atoms with Crippen LogP contribution >= 0.6 is 15.9 Å². The van der Waals surface area contributed by atoms with Crippen molar-refractivity contribution in [2.75, 3.05) is 6.54 Å². The molecule has 0 bridgehead atoms. The summed E-state index contributed by atoms with van der Waals surface area (Å²) in [6.45, 7) is 2.74. The minimum Gasteiger partial charge on any atom is -0.329 e. The molecule has 0 unspecified atom stereocenters. The molecule has 0 aliphatic heterocycles. The van der Waals surface area contributed by atoms with Gasteiger partial charge in [0.2, 0.25) is 0 Å². The second-order valence-corrected chi connectivity index (χ2v) is 2.58. The second-order valence-electron chi connectivity index (χ2n) is 1.02. The highest BCUT2D eigenvalue weighted by Crippen LogP contribution is 1.89. The first-order valence-electron chi connectivity index (χ1n) is 1.61. The summed E-state index contributed by atoms with van der Waals surface area (Å²) >= 11 is 3.25. The van der Waals surface area contributed by atoms with Crippen LogP contribution in [0.2, 0.25) is 0 Å². The number of alkyl halides is 1. The molecular formula is C3H8BrN. The van der Waals surface area contributed by atoms with Crippen molar-refractivity contribution in [2.24, 2.45) is 5.73 Å². The minimum absolute atomic E-state index is 0.475. The van der Waals surface area contributed by atoms with Crippen LogP contribution in [0.5, 0.6) is 0 Å². The zero-order valence-corrected chi connectivity index (χ0v) is 4.83. The predicted octanol–water partition coefficient (Wildman–Crippen LogP) is 0.728. The number of hydrogen-bond donors (Lipinski definition) is 1. The van der Waals surface area contributed by atoms with E-state index in [0.29, 0.717) is 4.83 Å². The first kappa shape index (κ1) is 5.44. The molecule has 0 fully saturated rings. The molecule has 0 aromatic heterocycles. The van der Waals surface area contributed by atoms with Crippen molar-refractivity contribution in [3.05, 3.63) is 0 Å². The molecule has 0 spiro atoms. The molecule has 0 saturated heterocycles. The molecule has 0 heterocycles. The van der Waals surface area contributed by atoms with Gasteiger partial charge in [0.05, 0.1) is 0 Å². The van der Waals surface area contributed by atoms with E-state index in [4.69, 9.17) is 5.73 Å². The molecule has 2 N–H and O–H groups in total. The maximum atomic E-state index is 5.12. The molecule has 1 atom stereocenters. The monoisotopic (exact) mass is 137 g/mol. The fraction of sp³-hybridized carbons (Fsp3) is 1.00. The van der Waals surface area contributed by atoms with E-state index < -0.39 is 0 Å². The van der Waals surface area contributed by atoms with Gasteiger partial charge in [0.25, 0.3) is 0 Å². The van der Waals surface area contributed by atoms with Crippen molar-refractivity contribution in [1.29, 1.82) is 0 Å². The number of halogens is 1. The predicted molar refractivity (Wildman–Crippen MR) is 27.4 cm³/mol. The molecule has 0 amide bonds. The van der Waals surface area contributed by atoms with E-state index in [1.165, 1.54) is 0 Å². The lowest BCUT2D eigenvalue weighted by Crippen LogP contribution is -2.08. The summed E-state index contributed by atoms with van der Waals surface area (Å²) in [7, 11) is 0. The number of rotatable bonds is 1. The summed E-state index contributed by atoms with van der Waals surface area (Å²) in [5.41, 5.74) is 5.12. The SMILES string of the molecule is C[C@H](Br)CN. The van der Waals surface area contributed by atoms with Gasteiger partial charge in [-0.15, -0.1) is 0 Å². The highest BCUT2D eigenvalue weighted by atomic mass is 79.9. The summed E-state index contributed by atoms with van der Waals surface area (Å²) < 4.78 is 0. The van der Waals surface area contributed by atoms with Crippen LogP contribution in [0.25, 0.3) is 0 Å². The average molecular weight is 138 g/mol. The van der Waals surface area contributed by atoms with Crippen LogP contribution < -0.4 is 5.73 Å². The summed E-state index contributed by atoms with van der Waals surface area (Å²) in [5.74, 6) is 0. The Morgan fingerprint density at radius 2 is 2.20 bits per heavy atom. The molecule has 32 valence electrons. The lowest BCUT2D eigenvalue weighted by molar-refractivity contribution is 0.968. The second kappa shape index (κ2) is 2.67. The first-order valence-corrected chi connectivity index (χ1v) is 2.53. The summed E-state index contributed by atoms with van der Waals surface area (Å²) in [5, 5.41) is 0. The van der Waals surface area contributed by atoms with Gasteiger partial charge in [0.15, 0.2) is 0 Å². The average Bonchev–Trinajstić information content (AvgIpc) is 1.38. The van der Waals surface area contributed by atoms with Gasteiger partial charge in [-0.25, -0.2) is 0 Å². The van der Waals surface area contributed by atoms with E-state index in [1.807, 2.05) is 6.92 Å². The Morgan fingerprint density at radius 1 is 2.00 bits per heavy atom. The topological polar surface area (TPSA) is 26.0 Å². The van der Waals surface area contributed by atoms with E-state index in [0.717, 1.165) is 6.54 Å². The van der Waals surface area contributed by atoms with Crippen molar-refractivity contribution in [1.82, 2.24) is 0 Å². The van der Waals surface area contributed by atoms with Crippen molar-refractivity contribution in [3.8, 4) is 0 Å². The van der Waals surface area contributed by atoms with E-state index in [9.17, 15) is 0 Å². The first-order chi connectivity index (χ1) is 2.27. The van der Waals surface area contributed by atoms with Crippen molar-refractivity contribution >= 4 is 15.9 Å². The Bertz CT molecular complexity index is 20.9.